The number of hydrogen-bond donors (Lipinski definition) is 2. The third-order valence-corrected chi connectivity index (χ3v) is 5.00. The lowest BCUT2D eigenvalue weighted by atomic mass is 10.0. The van der Waals surface area contributed by atoms with Crippen molar-refractivity contribution in [2.75, 3.05) is 40.0 Å². The van der Waals surface area contributed by atoms with Crippen molar-refractivity contribution in [3.63, 3.8) is 0 Å². The zero-order chi connectivity index (χ0) is 18.7. The third-order valence-electron chi connectivity index (χ3n) is 5.00. The molecule has 1 fully saturated rings. The van der Waals surface area contributed by atoms with Gasteiger partial charge in [0.05, 0.1) is 0 Å². The molecule has 6 heteroatoms. The molecule has 0 aliphatic carbocycles. The summed E-state index contributed by atoms with van der Waals surface area (Å²) >= 11 is 0. The molecule has 3 rings (SSSR count). The quantitative estimate of drug-likeness (QED) is 0.251. The van der Waals surface area contributed by atoms with Gasteiger partial charge >= 0.3 is 0 Å². The number of guanidine groups is 1. The molecule has 154 valence electrons. The molecule has 1 heterocycles. The summed E-state index contributed by atoms with van der Waals surface area (Å²) in [5, 5.41) is 9.32. The second-order valence-corrected chi connectivity index (χ2v) is 6.98. The van der Waals surface area contributed by atoms with Crippen molar-refractivity contribution >= 4 is 40.7 Å². The lowest BCUT2D eigenvalue weighted by molar-refractivity contribution is 0.0203. The van der Waals surface area contributed by atoms with Gasteiger partial charge in [-0.1, -0.05) is 42.5 Å². The number of fused-ring (bicyclic) bond motifs is 1. The highest BCUT2D eigenvalue weighted by molar-refractivity contribution is 14.0. The van der Waals surface area contributed by atoms with Gasteiger partial charge in [-0.05, 0) is 41.5 Å². The van der Waals surface area contributed by atoms with Gasteiger partial charge in [-0.3, -0.25) is 4.99 Å². The summed E-state index contributed by atoms with van der Waals surface area (Å²) in [5.74, 6) is 1.49. The van der Waals surface area contributed by atoms with Gasteiger partial charge in [0.2, 0.25) is 0 Å². The molecule has 0 radical (unpaired) electrons. The van der Waals surface area contributed by atoms with Crippen molar-refractivity contribution in [3.05, 3.63) is 48.0 Å². The molecule has 0 saturated carbocycles. The summed E-state index contributed by atoms with van der Waals surface area (Å²) in [5.41, 5.74) is 1.27. The van der Waals surface area contributed by atoms with Crippen molar-refractivity contribution in [3.8, 4) is 0 Å². The number of nitrogens with one attached hydrogen (secondary N) is 2. The van der Waals surface area contributed by atoms with Gasteiger partial charge in [-0.15, -0.1) is 24.0 Å². The van der Waals surface area contributed by atoms with Crippen molar-refractivity contribution < 1.29 is 9.47 Å². The first-order valence-corrected chi connectivity index (χ1v) is 9.93. The third kappa shape index (κ3) is 7.22. The van der Waals surface area contributed by atoms with E-state index in [1.807, 2.05) is 0 Å². The average Bonchev–Trinajstić information content (AvgIpc) is 2.73. The largest absolute Gasteiger partial charge is 0.381 e. The minimum Gasteiger partial charge on any atom is -0.381 e. The van der Waals surface area contributed by atoms with Crippen LogP contribution in [0.4, 0.5) is 0 Å². The zero-order valence-corrected chi connectivity index (χ0v) is 19.0. The monoisotopic (exact) mass is 497 g/mol. The van der Waals surface area contributed by atoms with Gasteiger partial charge in [0, 0.05) is 46.6 Å². The van der Waals surface area contributed by atoms with E-state index in [2.05, 4.69) is 58.1 Å². The maximum Gasteiger partial charge on any atom is 0.191 e. The van der Waals surface area contributed by atoms with E-state index in [-0.39, 0.29) is 24.0 Å². The Labute approximate surface area is 185 Å². The number of benzene rings is 2. The Balaban J connectivity index is 0.00000280. The highest BCUT2D eigenvalue weighted by Crippen LogP contribution is 2.18. The van der Waals surface area contributed by atoms with Gasteiger partial charge in [-0.2, -0.15) is 0 Å². The maximum atomic E-state index is 5.81. The lowest BCUT2D eigenvalue weighted by Gasteiger charge is -2.21. The van der Waals surface area contributed by atoms with Gasteiger partial charge in [-0.25, -0.2) is 0 Å². The Hall–Kier alpha value is -1.38. The highest BCUT2D eigenvalue weighted by atomic mass is 127. The van der Waals surface area contributed by atoms with E-state index in [1.54, 1.807) is 7.05 Å². The average molecular weight is 497 g/mol. The normalized spacial score (nSPS) is 15.2. The van der Waals surface area contributed by atoms with Crippen molar-refractivity contribution in [2.24, 2.45) is 10.9 Å². The molecular weight excluding hydrogens is 465 g/mol. The van der Waals surface area contributed by atoms with E-state index in [0.717, 1.165) is 64.7 Å². The summed E-state index contributed by atoms with van der Waals surface area (Å²) in [6.07, 6.45) is 3.23. The first-order valence-electron chi connectivity index (χ1n) is 9.93. The molecule has 2 N–H and O–H groups in total. The fourth-order valence-electron chi connectivity index (χ4n) is 3.39. The number of ether oxygens (including phenoxy) is 2. The van der Waals surface area contributed by atoms with Gasteiger partial charge in [0.1, 0.15) is 0 Å². The molecule has 0 atom stereocenters. The first kappa shape index (κ1) is 22.9. The van der Waals surface area contributed by atoms with Gasteiger partial charge < -0.3 is 20.1 Å². The van der Waals surface area contributed by atoms with Crippen LogP contribution < -0.4 is 10.6 Å². The molecule has 28 heavy (non-hydrogen) atoms. The van der Waals surface area contributed by atoms with E-state index in [9.17, 15) is 0 Å². The predicted molar refractivity (Wildman–Crippen MR) is 127 cm³/mol. The minimum absolute atomic E-state index is 0. The van der Waals surface area contributed by atoms with Gasteiger partial charge in [0.25, 0.3) is 0 Å². The van der Waals surface area contributed by atoms with E-state index in [4.69, 9.17) is 9.47 Å². The van der Waals surface area contributed by atoms with E-state index in [1.165, 1.54) is 16.3 Å². The van der Waals surface area contributed by atoms with Gasteiger partial charge in [0.15, 0.2) is 5.96 Å². The summed E-state index contributed by atoms with van der Waals surface area (Å²) in [7, 11) is 1.81. The molecule has 0 aromatic heterocycles. The molecule has 0 unspecified atom stereocenters. The van der Waals surface area contributed by atoms with Crippen LogP contribution in [0.15, 0.2) is 47.5 Å². The smallest absolute Gasteiger partial charge is 0.191 e. The maximum absolute atomic E-state index is 5.81. The van der Waals surface area contributed by atoms with E-state index < -0.39 is 0 Å². The number of nitrogens with zero attached hydrogens (tertiary/aromatic N) is 1. The topological polar surface area (TPSA) is 54.9 Å². The van der Waals surface area contributed by atoms with Crippen molar-refractivity contribution in [1.29, 1.82) is 0 Å². The second kappa shape index (κ2) is 13.0. The fraction of sp³-hybridized carbons (Fsp3) is 0.500. The Morgan fingerprint density at radius 1 is 1.11 bits per heavy atom. The SMILES string of the molecule is CN=C(NCCCOCC1CCOCC1)NCc1cccc2ccccc12.I. The Kier molecular flexibility index (Phi) is 10.6. The van der Waals surface area contributed by atoms with Crippen molar-refractivity contribution in [2.45, 2.75) is 25.8 Å². The molecule has 2 aromatic rings. The molecule has 1 saturated heterocycles. The predicted octanol–water partition coefficient (Wildman–Crippen LogP) is 3.96. The van der Waals surface area contributed by atoms with Crippen LogP contribution >= 0.6 is 24.0 Å². The molecule has 0 bridgehead atoms. The van der Waals surface area contributed by atoms with Crippen LogP contribution in [0.25, 0.3) is 10.8 Å². The van der Waals surface area contributed by atoms with Crippen LogP contribution in [0, 0.1) is 5.92 Å². The Morgan fingerprint density at radius 2 is 1.89 bits per heavy atom. The second-order valence-electron chi connectivity index (χ2n) is 6.98. The molecule has 0 amide bonds. The molecule has 1 aliphatic rings. The van der Waals surface area contributed by atoms with Crippen LogP contribution in [-0.2, 0) is 16.0 Å². The summed E-state index contributed by atoms with van der Waals surface area (Å²) in [6.45, 7) is 5.01. The zero-order valence-electron chi connectivity index (χ0n) is 16.7. The van der Waals surface area contributed by atoms with E-state index in [0.29, 0.717) is 5.92 Å². The van der Waals surface area contributed by atoms with E-state index >= 15 is 0 Å². The van der Waals surface area contributed by atoms with Crippen molar-refractivity contribution in [1.82, 2.24) is 10.6 Å². The van der Waals surface area contributed by atoms with Crippen LogP contribution in [0.3, 0.4) is 0 Å². The van der Waals surface area contributed by atoms with Crippen LogP contribution in [0.2, 0.25) is 0 Å². The standard InChI is InChI=1S/C22H31N3O2.HI/c1-23-22(24-12-5-13-27-17-18-10-14-26-15-11-18)25-16-20-8-4-7-19-6-2-3-9-21(19)20;/h2-4,6-9,18H,5,10-17H2,1H3,(H2,23,24,25);1H. The number of halogens is 1. The summed E-state index contributed by atoms with van der Waals surface area (Å²) in [4.78, 5) is 4.31. The number of hydrogen-bond acceptors (Lipinski definition) is 3. The minimum atomic E-state index is 0. The fourth-order valence-corrected chi connectivity index (χ4v) is 3.39. The number of aliphatic imine (C=N–C) groups is 1. The van der Waals surface area contributed by atoms with Crippen LogP contribution in [0.5, 0.6) is 0 Å². The molecule has 0 spiro atoms. The first-order chi connectivity index (χ1) is 13.4. The summed E-state index contributed by atoms with van der Waals surface area (Å²) < 4.78 is 11.2. The van der Waals surface area contributed by atoms with Crippen LogP contribution in [-0.4, -0.2) is 46.0 Å². The highest BCUT2D eigenvalue weighted by Gasteiger charge is 2.13. The number of rotatable bonds is 8. The molecular formula is C22H32IN3O2. The summed E-state index contributed by atoms with van der Waals surface area (Å²) in [6, 6.07) is 14.9. The molecule has 2 aromatic carbocycles. The van der Waals surface area contributed by atoms with Crippen LogP contribution in [0.1, 0.15) is 24.8 Å². The molecule has 5 nitrogen and oxygen atoms in total. The Bertz CT molecular complexity index is 727. The molecule has 1 aliphatic heterocycles. The Morgan fingerprint density at radius 3 is 2.71 bits per heavy atom. The lowest BCUT2D eigenvalue weighted by Crippen LogP contribution is -2.37.